The number of benzene rings is 1. The number of hydrogen-bond donors (Lipinski definition) is 1. The van der Waals surface area contributed by atoms with E-state index >= 15 is 0 Å². The lowest BCUT2D eigenvalue weighted by atomic mass is 10.1. The SMILES string of the molecule is CN(C)C(=O)CNc1cccc(C(=O)N2CCCC2)c1. The molecule has 1 fully saturated rings. The molecule has 2 amide bonds. The summed E-state index contributed by atoms with van der Waals surface area (Å²) in [6.07, 6.45) is 2.17. The maximum atomic E-state index is 12.3. The van der Waals surface area contributed by atoms with E-state index in [-0.39, 0.29) is 18.4 Å². The number of carbonyl (C=O) groups excluding carboxylic acids is 2. The van der Waals surface area contributed by atoms with Gasteiger partial charge in [-0.3, -0.25) is 9.59 Å². The summed E-state index contributed by atoms with van der Waals surface area (Å²) in [7, 11) is 3.44. The zero-order chi connectivity index (χ0) is 14.5. The van der Waals surface area contributed by atoms with Crippen molar-refractivity contribution in [2.24, 2.45) is 0 Å². The second-order valence-corrected chi connectivity index (χ2v) is 5.22. The lowest BCUT2D eigenvalue weighted by Crippen LogP contribution is -2.29. The van der Waals surface area contributed by atoms with Crippen LogP contribution in [0.2, 0.25) is 0 Å². The molecule has 1 N–H and O–H groups in total. The molecule has 1 aromatic rings. The fourth-order valence-electron chi connectivity index (χ4n) is 2.20. The van der Waals surface area contributed by atoms with Crippen LogP contribution >= 0.6 is 0 Å². The highest BCUT2D eigenvalue weighted by molar-refractivity contribution is 5.95. The molecule has 0 saturated carbocycles. The van der Waals surface area contributed by atoms with Gasteiger partial charge in [-0.15, -0.1) is 0 Å². The van der Waals surface area contributed by atoms with Crippen LogP contribution < -0.4 is 5.32 Å². The van der Waals surface area contributed by atoms with Crippen LogP contribution in [-0.2, 0) is 4.79 Å². The molecule has 0 aromatic heterocycles. The normalized spacial score (nSPS) is 14.2. The summed E-state index contributed by atoms with van der Waals surface area (Å²) in [6, 6.07) is 7.33. The Labute approximate surface area is 119 Å². The maximum Gasteiger partial charge on any atom is 0.253 e. The van der Waals surface area contributed by atoms with Crippen LogP contribution in [0.5, 0.6) is 0 Å². The molecule has 1 heterocycles. The van der Waals surface area contributed by atoms with E-state index in [0.29, 0.717) is 5.56 Å². The highest BCUT2D eigenvalue weighted by atomic mass is 16.2. The molecule has 0 aliphatic carbocycles. The molecule has 1 aromatic carbocycles. The first-order chi connectivity index (χ1) is 9.58. The smallest absolute Gasteiger partial charge is 0.253 e. The van der Waals surface area contributed by atoms with Crippen molar-refractivity contribution < 1.29 is 9.59 Å². The fraction of sp³-hybridized carbons (Fsp3) is 0.467. The second-order valence-electron chi connectivity index (χ2n) is 5.22. The van der Waals surface area contributed by atoms with Gasteiger partial charge in [-0.05, 0) is 31.0 Å². The summed E-state index contributed by atoms with van der Waals surface area (Å²) in [6.45, 7) is 1.92. The first-order valence-corrected chi connectivity index (χ1v) is 6.91. The van der Waals surface area contributed by atoms with Gasteiger partial charge >= 0.3 is 0 Å². The van der Waals surface area contributed by atoms with Gasteiger partial charge in [0.1, 0.15) is 0 Å². The molecule has 2 rings (SSSR count). The number of carbonyl (C=O) groups is 2. The number of likely N-dealkylation sites (tertiary alicyclic amines) is 1. The highest BCUT2D eigenvalue weighted by Crippen LogP contribution is 2.16. The van der Waals surface area contributed by atoms with Crippen molar-refractivity contribution in [1.29, 1.82) is 0 Å². The summed E-state index contributed by atoms with van der Waals surface area (Å²) in [5.74, 6) is 0.0753. The third kappa shape index (κ3) is 3.50. The Hall–Kier alpha value is -2.04. The molecule has 0 atom stereocenters. The number of anilines is 1. The standard InChI is InChI=1S/C15H21N3O2/c1-17(2)14(19)11-16-13-7-5-6-12(10-13)15(20)18-8-3-4-9-18/h5-7,10,16H,3-4,8-9,11H2,1-2H3. The molecule has 1 aliphatic heterocycles. The number of likely N-dealkylation sites (N-methyl/N-ethyl adjacent to an activating group) is 1. The maximum absolute atomic E-state index is 12.3. The fourth-order valence-corrected chi connectivity index (χ4v) is 2.20. The third-order valence-corrected chi connectivity index (χ3v) is 3.45. The van der Waals surface area contributed by atoms with Gasteiger partial charge in [0.25, 0.3) is 5.91 Å². The molecule has 5 heteroatoms. The molecule has 5 nitrogen and oxygen atoms in total. The molecule has 0 spiro atoms. The van der Waals surface area contributed by atoms with Gasteiger partial charge in [0.15, 0.2) is 0 Å². The molecule has 20 heavy (non-hydrogen) atoms. The van der Waals surface area contributed by atoms with Gasteiger partial charge in [-0.1, -0.05) is 6.07 Å². The van der Waals surface area contributed by atoms with E-state index in [1.54, 1.807) is 14.1 Å². The largest absolute Gasteiger partial charge is 0.376 e. The number of rotatable bonds is 4. The van der Waals surface area contributed by atoms with Crippen LogP contribution in [0.3, 0.4) is 0 Å². The molecule has 0 bridgehead atoms. The molecule has 1 saturated heterocycles. The summed E-state index contributed by atoms with van der Waals surface area (Å²) in [4.78, 5) is 27.2. The molecule has 0 radical (unpaired) electrons. The highest BCUT2D eigenvalue weighted by Gasteiger charge is 2.19. The molecular formula is C15H21N3O2. The van der Waals surface area contributed by atoms with Crippen LogP contribution in [0.15, 0.2) is 24.3 Å². The zero-order valence-corrected chi connectivity index (χ0v) is 12.1. The van der Waals surface area contributed by atoms with Crippen molar-refractivity contribution >= 4 is 17.5 Å². The average Bonchev–Trinajstić information content (AvgIpc) is 2.98. The number of nitrogens with zero attached hydrogens (tertiary/aromatic N) is 2. The first-order valence-electron chi connectivity index (χ1n) is 6.91. The van der Waals surface area contributed by atoms with E-state index in [1.807, 2.05) is 29.2 Å². The van der Waals surface area contributed by atoms with Crippen molar-refractivity contribution in [2.75, 3.05) is 39.0 Å². The van der Waals surface area contributed by atoms with Gasteiger partial charge in [0.05, 0.1) is 6.54 Å². The van der Waals surface area contributed by atoms with Crippen LogP contribution in [0.4, 0.5) is 5.69 Å². The Morgan fingerprint density at radius 2 is 1.95 bits per heavy atom. The third-order valence-electron chi connectivity index (χ3n) is 3.45. The van der Waals surface area contributed by atoms with Crippen molar-refractivity contribution in [3.8, 4) is 0 Å². The summed E-state index contributed by atoms with van der Waals surface area (Å²) in [5.41, 5.74) is 1.47. The van der Waals surface area contributed by atoms with E-state index < -0.39 is 0 Å². The molecule has 0 unspecified atom stereocenters. The van der Waals surface area contributed by atoms with Crippen LogP contribution in [0.25, 0.3) is 0 Å². The topological polar surface area (TPSA) is 52.7 Å². The Morgan fingerprint density at radius 3 is 2.60 bits per heavy atom. The minimum absolute atomic E-state index is 0.00118. The Morgan fingerprint density at radius 1 is 1.25 bits per heavy atom. The number of amides is 2. The van der Waals surface area contributed by atoms with Gasteiger partial charge in [0, 0.05) is 38.4 Å². The van der Waals surface area contributed by atoms with Crippen LogP contribution in [-0.4, -0.2) is 55.3 Å². The quantitative estimate of drug-likeness (QED) is 0.904. The van der Waals surface area contributed by atoms with Gasteiger partial charge in [-0.25, -0.2) is 0 Å². The lowest BCUT2D eigenvalue weighted by molar-refractivity contribution is -0.126. The second kappa shape index (κ2) is 6.41. The predicted octanol–water partition coefficient (Wildman–Crippen LogP) is 1.42. The average molecular weight is 275 g/mol. The molecule has 108 valence electrons. The van der Waals surface area contributed by atoms with Gasteiger partial charge in [-0.2, -0.15) is 0 Å². The van der Waals surface area contributed by atoms with Crippen molar-refractivity contribution in [2.45, 2.75) is 12.8 Å². The van der Waals surface area contributed by atoms with Crippen molar-refractivity contribution in [3.63, 3.8) is 0 Å². The molecular weight excluding hydrogens is 254 g/mol. The van der Waals surface area contributed by atoms with E-state index in [9.17, 15) is 9.59 Å². The van der Waals surface area contributed by atoms with Gasteiger partial charge < -0.3 is 15.1 Å². The summed E-state index contributed by atoms with van der Waals surface area (Å²) >= 11 is 0. The Balaban J connectivity index is 2.00. The van der Waals surface area contributed by atoms with Crippen molar-refractivity contribution in [1.82, 2.24) is 9.80 Å². The Bertz CT molecular complexity index is 494. The van der Waals surface area contributed by atoms with E-state index in [0.717, 1.165) is 31.6 Å². The van der Waals surface area contributed by atoms with E-state index in [2.05, 4.69) is 5.32 Å². The number of nitrogens with one attached hydrogen (secondary N) is 1. The van der Waals surface area contributed by atoms with E-state index in [1.165, 1.54) is 4.90 Å². The monoisotopic (exact) mass is 275 g/mol. The lowest BCUT2D eigenvalue weighted by Gasteiger charge is -2.16. The summed E-state index contributed by atoms with van der Waals surface area (Å²) in [5, 5.41) is 3.05. The van der Waals surface area contributed by atoms with Gasteiger partial charge in [0.2, 0.25) is 5.91 Å². The predicted molar refractivity (Wildman–Crippen MR) is 78.8 cm³/mol. The molecule has 1 aliphatic rings. The van der Waals surface area contributed by atoms with Crippen LogP contribution in [0, 0.1) is 0 Å². The number of hydrogen-bond acceptors (Lipinski definition) is 3. The summed E-state index contributed by atoms with van der Waals surface area (Å²) < 4.78 is 0. The zero-order valence-electron chi connectivity index (χ0n) is 12.1. The first kappa shape index (κ1) is 14.4. The Kier molecular flexibility index (Phi) is 4.61. The minimum atomic E-state index is 0.00118. The van der Waals surface area contributed by atoms with Crippen LogP contribution in [0.1, 0.15) is 23.2 Å². The minimum Gasteiger partial charge on any atom is -0.376 e. The van der Waals surface area contributed by atoms with E-state index in [4.69, 9.17) is 0 Å². The van der Waals surface area contributed by atoms with Crippen molar-refractivity contribution in [3.05, 3.63) is 29.8 Å².